The summed E-state index contributed by atoms with van der Waals surface area (Å²) in [7, 11) is 1.96. The van der Waals surface area contributed by atoms with Gasteiger partial charge in [-0.05, 0) is 48.9 Å². The Labute approximate surface area is 183 Å². The minimum absolute atomic E-state index is 0.141. The molecular formula is C25H31N3OS. The van der Waals surface area contributed by atoms with Crippen molar-refractivity contribution in [3.8, 4) is 0 Å². The van der Waals surface area contributed by atoms with Gasteiger partial charge < -0.3 is 9.47 Å². The van der Waals surface area contributed by atoms with Crippen LogP contribution in [0.2, 0.25) is 0 Å². The molecule has 1 fully saturated rings. The van der Waals surface area contributed by atoms with Crippen LogP contribution in [0.3, 0.4) is 0 Å². The summed E-state index contributed by atoms with van der Waals surface area (Å²) in [5.41, 5.74) is 4.20. The lowest BCUT2D eigenvalue weighted by atomic mass is 9.94. The average Bonchev–Trinajstić information content (AvgIpc) is 3.15. The van der Waals surface area contributed by atoms with Gasteiger partial charge in [-0.15, -0.1) is 0 Å². The highest BCUT2D eigenvalue weighted by molar-refractivity contribution is 7.98. The van der Waals surface area contributed by atoms with Gasteiger partial charge in [-0.3, -0.25) is 4.79 Å². The molecule has 4 nitrogen and oxygen atoms in total. The van der Waals surface area contributed by atoms with E-state index >= 15 is 0 Å². The number of hydrogen-bond acceptors (Lipinski definition) is 3. The molecule has 1 aliphatic rings. The molecule has 0 bridgehead atoms. The van der Waals surface area contributed by atoms with E-state index in [-0.39, 0.29) is 5.91 Å². The Kier molecular flexibility index (Phi) is 6.78. The fourth-order valence-electron chi connectivity index (χ4n) is 4.46. The van der Waals surface area contributed by atoms with Gasteiger partial charge in [-0.1, -0.05) is 43.5 Å². The molecule has 0 atom stereocenters. The highest BCUT2D eigenvalue weighted by Gasteiger charge is 2.23. The Hall–Kier alpha value is -2.27. The third-order valence-corrected chi connectivity index (χ3v) is 6.86. The zero-order valence-corrected chi connectivity index (χ0v) is 18.8. The first kappa shape index (κ1) is 21.0. The second-order valence-corrected chi connectivity index (χ2v) is 9.24. The van der Waals surface area contributed by atoms with Crippen LogP contribution in [-0.4, -0.2) is 45.5 Å². The van der Waals surface area contributed by atoms with Crippen LogP contribution in [0.25, 0.3) is 11.0 Å². The van der Waals surface area contributed by atoms with E-state index in [0.717, 1.165) is 48.5 Å². The van der Waals surface area contributed by atoms with Crippen molar-refractivity contribution >= 4 is 28.7 Å². The zero-order valence-electron chi connectivity index (χ0n) is 18.0. The van der Waals surface area contributed by atoms with Crippen molar-refractivity contribution < 1.29 is 4.79 Å². The molecule has 0 saturated heterocycles. The van der Waals surface area contributed by atoms with Crippen LogP contribution in [-0.2, 0) is 13.0 Å². The number of carbonyl (C=O) groups excluding carboxylic acids is 1. The number of hydrogen-bond donors (Lipinski definition) is 0. The highest BCUT2D eigenvalue weighted by Crippen LogP contribution is 2.23. The van der Waals surface area contributed by atoms with Gasteiger partial charge in [0.1, 0.15) is 5.82 Å². The molecule has 0 aliphatic heterocycles. The standard InChI is InChI=1S/C25H31N3OS/c1-27(21-8-4-3-5-9-21)25(29)20-14-12-19(13-15-20)18-28-23-11-7-6-10-22(23)26-24(28)16-17-30-2/h6-7,10-15,21H,3-5,8-9,16-18H2,1-2H3. The molecule has 158 valence electrons. The fraction of sp³-hybridized carbons (Fsp3) is 0.440. The first-order valence-electron chi connectivity index (χ1n) is 11.0. The second-order valence-electron chi connectivity index (χ2n) is 8.25. The van der Waals surface area contributed by atoms with Gasteiger partial charge in [-0.2, -0.15) is 11.8 Å². The molecule has 1 amide bonds. The summed E-state index contributed by atoms with van der Waals surface area (Å²) in [6.45, 7) is 0.775. The molecule has 0 spiro atoms. The number of aryl methyl sites for hydroxylation is 1. The summed E-state index contributed by atoms with van der Waals surface area (Å²) < 4.78 is 2.32. The van der Waals surface area contributed by atoms with E-state index in [2.05, 4.69) is 41.2 Å². The molecule has 4 rings (SSSR count). The molecule has 3 aromatic rings. The summed E-state index contributed by atoms with van der Waals surface area (Å²) in [6.07, 6.45) is 9.12. The number of para-hydroxylation sites is 2. The van der Waals surface area contributed by atoms with Gasteiger partial charge in [0.2, 0.25) is 0 Å². The van der Waals surface area contributed by atoms with Crippen LogP contribution in [0.5, 0.6) is 0 Å². The van der Waals surface area contributed by atoms with Gasteiger partial charge in [-0.25, -0.2) is 4.98 Å². The van der Waals surface area contributed by atoms with Crippen molar-refractivity contribution in [2.45, 2.75) is 51.1 Å². The van der Waals surface area contributed by atoms with E-state index in [1.54, 1.807) is 0 Å². The Balaban J connectivity index is 1.51. The molecule has 2 aromatic carbocycles. The van der Waals surface area contributed by atoms with Crippen molar-refractivity contribution in [1.82, 2.24) is 14.5 Å². The fourth-order valence-corrected chi connectivity index (χ4v) is 4.85. The van der Waals surface area contributed by atoms with Crippen LogP contribution in [0.15, 0.2) is 48.5 Å². The molecule has 0 N–H and O–H groups in total. The molecule has 1 heterocycles. The second kappa shape index (κ2) is 9.69. The molecule has 0 unspecified atom stereocenters. The predicted molar refractivity (Wildman–Crippen MR) is 126 cm³/mol. The SMILES string of the molecule is CSCCc1nc2ccccc2n1Cc1ccc(C(=O)N(C)C2CCCCC2)cc1. The van der Waals surface area contributed by atoms with E-state index in [9.17, 15) is 4.79 Å². The Morgan fingerprint density at radius 1 is 1.10 bits per heavy atom. The summed E-state index contributed by atoms with van der Waals surface area (Å²) in [5, 5.41) is 0. The quantitative estimate of drug-likeness (QED) is 0.513. The number of imidazole rings is 1. The number of fused-ring (bicyclic) bond motifs is 1. The Morgan fingerprint density at radius 3 is 2.57 bits per heavy atom. The first-order chi connectivity index (χ1) is 14.7. The van der Waals surface area contributed by atoms with E-state index in [4.69, 9.17) is 4.98 Å². The summed E-state index contributed by atoms with van der Waals surface area (Å²) in [6, 6.07) is 16.9. The first-order valence-corrected chi connectivity index (χ1v) is 12.4. The van der Waals surface area contributed by atoms with Crippen LogP contribution in [0, 0.1) is 0 Å². The predicted octanol–water partition coefficient (Wildman–Crippen LogP) is 5.39. The lowest BCUT2D eigenvalue weighted by Gasteiger charge is -2.31. The third-order valence-electron chi connectivity index (χ3n) is 6.25. The molecule has 1 aliphatic carbocycles. The number of amides is 1. The normalized spacial score (nSPS) is 14.9. The number of benzene rings is 2. The van der Waals surface area contributed by atoms with Crippen LogP contribution >= 0.6 is 11.8 Å². The average molecular weight is 422 g/mol. The van der Waals surface area contributed by atoms with Crippen molar-refractivity contribution in [2.75, 3.05) is 19.1 Å². The maximum Gasteiger partial charge on any atom is 0.253 e. The lowest BCUT2D eigenvalue weighted by molar-refractivity contribution is 0.0696. The minimum atomic E-state index is 0.141. The van der Waals surface area contributed by atoms with Crippen LogP contribution < -0.4 is 0 Å². The monoisotopic (exact) mass is 421 g/mol. The van der Waals surface area contributed by atoms with Crippen molar-refractivity contribution in [3.63, 3.8) is 0 Å². The number of rotatable bonds is 7. The van der Waals surface area contributed by atoms with Crippen molar-refractivity contribution in [3.05, 3.63) is 65.5 Å². The molecular weight excluding hydrogens is 390 g/mol. The molecule has 5 heteroatoms. The number of nitrogens with zero attached hydrogens (tertiary/aromatic N) is 3. The maximum atomic E-state index is 12.9. The summed E-state index contributed by atoms with van der Waals surface area (Å²) in [4.78, 5) is 19.7. The van der Waals surface area contributed by atoms with Gasteiger partial charge >= 0.3 is 0 Å². The van der Waals surface area contributed by atoms with E-state index in [1.165, 1.54) is 30.3 Å². The molecule has 1 aromatic heterocycles. The molecule has 0 radical (unpaired) electrons. The topological polar surface area (TPSA) is 38.1 Å². The Morgan fingerprint density at radius 2 is 1.83 bits per heavy atom. The van der Waals surface area contributed by atoms with Crippen molar-refractivity contribution in [1.29, 1.82) is 0 Å². The largest absolute Gasteiger partial charge is 0.339 e. The lowest BCUT2D eigenvalue weighted by Crippen LogP contribution is -2.38. The van der Waals surface area contributed by atoms with E-state index in [1.807, 2.05) is 41.9 Å². The van der Waals surface area contributed by atoms with Gasteiger partial charge in [0, 0.05) is 37.4 Å². The maximum absolute atomic E-state index is 12.9. The van der Waals surface area contributed by atoms with E-state index in [0.29, 0.717) is 6.04 Å². The summed E-state index contributed by atoms with van der Waals surface area (Å²) in [5.74, 6) is 2.33. The highest BCUT2D eigenvalue weighted by atomic mass is 32.2. The molecule has 30 heavy (non-hydrogen) atoms. The van der Waals surface area contributed by atoms with Gasteiger partial charge in [0.25, 0.3) is 5.91 Å². The number of carbonyl (C=O) groups is 1. The van der Waals surface area contributed by atoms with E-state index < -0.39 is 0 Å². The van der Waals surface area contributed by atoms with Gasteiger partial charge in [0.15, 0.2) is 0 Å². The van der Waals surface area contributed by atoms with Gasteiger partial charge in [0.05, 0.1) is 11.0 Å². The zero-order chi connectivity index (χ0) is 20.9. The van der Waals surface area contributed by atoms with Crippen LogP contribution in [0.1, 0.15) is 53.8 Å². The third kappa shape index (κ3) is 4.56. The smallest absolute Gasteiger partial charge is 0.253 e. The number of aromatic nitrogens is 2. The van der Waals surface area contributed by atoms with Crippen LogP contribution in [0.4, 0.5) is 0 Å². The molecule has 1 saturated carbocycles. The minimum Gasteiger partial charge on any atom is -0.339 e. The number of thioether (sulfide) groups is 1. The van der Waals surface area contributed by atoms with Crippen molar-refractivity contribution in [2.24, 2.45) is 0 Å². The summed E-state index contributed by atoms with van der Waals surface area (Å²) >= 11 is 1.85. The Bertz CT molecular complexity index is 989.